The Labute approximate surface area is 141 Å². The van der Waals surface area contributed by atoms with Gasteiger partial charge in [-0.2, -0.15) is 0 Å². The number of para-hydroxylation sites is 1. The van der Waals surface area contributed by atoms with Crippen molar-refractivity contribution in [3.05, 3.63) is 64.7 Å². The van der Waals surface area contributed by atoms with Crippen LogP contribution in [0.4, 0.5) is 0 Å². The Hall–Kier alpha value is -2.04. The van der Waals surface area contributed by atoms with Crippen molar-refractivity contribution in [1.29, 1.82) is 0 Å². The van der Waals surface area contributed by atoms with E-state index in [9.17, 15) is 4.79 Å². The molecule has 0 fully saturated rings. The van der Waals surface area contributed by atoms with E-state index in [4.69, 9.17) is 22.1 Å². The van der Waals surface area contributed by atoms with E-state index in [1.165, 1.54) is 0 Å². The van der Waals surface area contributed by atoms with Crippen LogP contribution in [0.5, 0.6) is 5.75 Å². The SMILES string of the molecule is NCCCCNC(=O)c1ccccc1OCc1ccccc1Cl. The molecule has 0 unspecified atom stereocenters. The van der Waals surface area contributed by atoms with Gasteiger partial charge in [-0.25, -0.2) is 0 Å². The Morgan fingerprint density at radius 3 is 2.61 bits per heavy atom. The summed E-state index contributed by atoms with van der Waals surface area (Å²) in [6, 6.07) is 14.7. The van der Waals surface area contributed by atoms with Crippen molar-refractivity contribution in [2.24, 2.45) is 5.73 Å². The molecule has 2 rings (SSSR count). The van der Waals surface area contributed by atoms with E-state index in [1.54, 1.807) is 12.1 Å². The number of carbonyl (C=O) groups excluding carboxylic acids is 1. The van der Waals surface area contributed by atoms with Gasteiger partial charge in [0.2, 0.25) is 0 Å². The van der Waals surface area contributed by atoms with E-state index in [2.05, 4.69) is 5.32 Å². The Bertz CT molecular complexity index is 646. The molecule has 0 radical (unpaired) electrons. The minimum Gasteiger partial charge on any atom is -0.488 e. The lowest BCUT2D eigenvalue weighted by atomic mass is 10.1. The highest BCUT2D eigenvalue weighted by Gasteiger charge is 2.12. The molecular formula is C18H21ClN2O2. The predicted molar refractivity (Wildman–Crippen MR) is 92.8 cm³/mol. The molecule has 23 heavy (non-hydrogen) atoms. The summed E-state index contributed by atoms with van der Waals surface area (Å²) in [5.74, 6) is 0.403. The summed E-state index contributed by atoms with van der Waals surface area (Å²) < 4.78 is 5.79. The molecule has 0 bridgehead atoms. The van der Waals surface area contributed by atoms with Crippen LogP contribution in [0.3, 0.4) is 0 Å². The third-order valence-electron chi connectivity index (χ3n) is 3.39. The molecule has 0 spiro atoms. The van der Waals surface area contributed by atoms with E-state index in [0.29, 0.717) is 36.0 Å². The molecule has 0 aliphatic heterocycles. The van der Waals surface area contributed by atoms with Gasteiger partial charge in [-0.15, -0.1) is 0 Å². The van der Waals surface area contributed by atoms with Crippen LogP contribution >= 0.6 is 11.6 Å². The number of hydrogen-bond acceptors (Lipinski definition) is 3. The van der Waals surface area contributed by atoms with Crippen molar-refractivity contribution < 1.29 is 9.53 Å². The van der Waals surface area contributed by atoms with Gasteiger partial charge in [-0.3, -0.25) is 4.79 Å². The van der Waals surface area contributed by atoms with Crippen LogP contribution < -0.4 is 15.8 Å². The standard InChI is InChI=1S/C18H21ClN2O2/c19-16-9-3-1-7-14(16)13-23-17-10-4-2-8-15(17)18(22)21-12-6-5-11-20/h1-4,7-10H,5-6,11-13,20H2,(H,21,22). The summed E-state index contributed by atoms with van der Waals surface area (Å²) in [5, 5.41) is 3.53. The first kappa shape index (κ1) is 17.3. The largest absolute Gasteiger partial charge is 0.488 e. The number of carbonyl (C=O) groups is 1. The zero-order chi connectivity index (χ0) is 16.5. The van der Waals surface area contributed by atoms with Crippen LogP contribution in [0.2, 0.25) is 5.02 Å². The summed E-state index contributed by atoms with van der Waals surface area (Å²) in [6.07, 6.45) is 1.76. The molecule has 0 heterocycles. The summed E-state index contributed by atoms with van der Waals surface area (Å²) in [6.45, 7) is 1.55. The number of nitrogens with two attached hydrogens (primary N) is 1. The Morgan fingerprint density at radius 1 is 1.09 bits per heavy atom. The number of amides is 1. The lowest BCUT2D eigenvalue weighted by Gasteiger charge is -2.12. The van der Waals surface area contributed by atoms with Gasteiger partial charge < -0.3 is 15.8 Å². The second kappa shape index (κ2) is 9.18. The topological polar surface area (TPSA) is 64.3 Å². The maximum atomic E-state index is 12.3. The molecule has 0 saturated carbocycles. The van der Waals surface area contributed by atoms with Crippen LogP contribution in [-0.4, -0.2) is 19.0 Å². The van der Waals surface area contributed by atoms with E-state index in [0.717, 1.165) is 18.4 Å². The number of benzene rings is 2. The third-order valence-corrected chi connectivity index (χ3v) is 3.76. The van der Waals surface area contributed by atoms with Crippen molar-refractivity contribution in [2.75, 3.05) is 13.1 Å². The number of ether oxygens (including phenoxy) is 1. The lowest BCUT2D eigenvalue weighted by molar-refractivity contribution is 0.0948. The maximum Gasteiger partial charge on any atom is 0.255 e. The molecule has 0 saturated heterocycles. The van der Waals surface area contributed by atoms with Gasteiger partial charge in [0.25, 0.3) is 5.91 Å². The summed E-state index contributed by atoms with van der Waals surface area (Å²) in [7, 11) is 0. The molecule has 0 aliphatic rings. The van der Waals surface area contributed by atoms with Crippen molar-refractivity contribution in [1.82, 2.24) is 5.32 Å². The molecule has 2 aromatic rings. The fourth-order valence-electron chi connectivity index (χ4n) is 2.12. The van der Waals surface area contributed by atoms with Crippen LogP contribution in [0.25, 0.3) is 0 Å². The number of unbranched alkanes of at least 4 members (excludes halogenated alkanes) is 1. The molecular weight excluding hydrogens is 312 g/mol. The molecule has 122 valence electrons. The number of nitrogens with one attached hydrogen (secondary N) is 1. The monoisotopic (exact) mass is 332 g/mol. The zero-order valence-corrected chi connectivity index (χ0v) is 13.7. The fraction of sp³-hybridized carbons (Fsp3) is 0.278. The molecule has 4 nitrogen and oxygen atoms in total. The normalized spacial score (nSPS) is 10.3. The van der Waals surface area contributed by atoms with Gasteiger partial charge in [0.1, 0.15) is 12.4 Å². The first-order valence-corrected chi connectivity index (χ1v) is 8.03. The number of hydrogen-bond donors (Lipinski definition) is 2. The van der Waals surface area contributed by atoms with Crippen LogP contribution in [-0.2, 0) is 6.61 Å². The maximum absolute atomic E-state index is 12.3. The Kier molecular flexibility index (Phi) is 6.91. The van der Waals surface area contributed by atoms with Gasteiger partial charge in [0, 0.05) is 17.1 Å². The predicted octanol–water partition coefficient (Wildman–Crippen LogP) is 3.39. The van der Waals surface area contributed by atoms with Crippen LogP contribution in [0.1, 0.15) is 28.8 Å². The average molecular weight is 333 g/mol. The second-order valence-electron chi connectivity index (χ2n) is 5.13. The third kappa shape index (κ3) is 5.27. The number of rotatable bonds is 8. The number of halogens is 1. The minimum atomic E-state index is -0.142. The first-order chi connectivity index (χ1) is 11.2. The van der Waals surface area contributed by atoms with E-state index in [1.807, 2.05) is 36.4 Å². The van der Waals surface area contributed by atoms with E-state index in [-0.39, 0.29) is 5.91 Å². The smallest absolute Gasteiger partial charge is 0.255 e. The molecule has 2 aromatic carbocycles. The average Bonchev–Trinajstić information content (AvgIpc) is 2.58. The lowest BCUT2D eigenvalue weighted by Crippen LogP contribution is -2.25. The second-order valence-corrected chi connectivity index (χ2v) is 5.54. The first-order valence-electron chi connectivity index (χ1n) is 7.66. The Morgan fingerprint density at radius 2 is 1.83 bits per heavy atom. The highest BCUT2D eigenvalue weighted by Crippen LogP contribution is 2.22. The molecule has 5 heteroatoms. The Balaban J connectivity index is 2.00. The van der Waals surface area contributed by atoms with Gasteiger partial charge >= 0.3 is 0 Å². The van der Waals surface area contributed by atoms with Crippen LogP contribution in [0, 0.1) is 0 Å². The van der Waals surface area contributed by atoms with Crippen LogP contribution in [0.15, 0.2) is 48.5 Å². The molecule has 1 amide bonds. The van der Waals surface area contributed by atoms with Crippen molar-refractivity contribution in [3.8, 4) is 5.75 Å². The highest BCUT2D eigenvalue weighted by molar-refractivity contribution is 6.31. The highest BCUT2D eigenvalue weighted by atomic mass is 35.5. The summed E-state index contributed by atoms with van der Waals surface area (Å²) in [5.41, 5.74) is 6.85. The fourth-order valence-corrected chi connectivity index (χ4v) is 2.31. The van der Waals surface area contributed by atoms with E-state index >= 15 is 0 Å². The molecule has 3 N–H and O–H groups in total. The van der Waals surface area contributed by atoms with Crippen molar-refractivity contribution in [3.63, 3.8) is 0 Å². The quantitative estimate of drug-likeness (QED) is 0.728. The van der Waals surface area contributed by atoms with Gasteiger partial charge in [0.15, 0.2) is 0 Å². The van der Waals surface area contributed by atoms with Gasteiger partial charge in [-0.05, 0) is 37.6 Å². The molecule has 0 aliphatic carbocycles. The van der Waals surface area contributed by atoms with Gasteiger partial charge in [0.05, 0.1) is 5.56 Å². The van der Waals surface area contributed by atoms with Crippen molar-refractivity contribution >= 4 is 17.5 Å². The summed E-state index contributed by atoms with van der Waals surface area (Å²) >= 11 is 6.12. The molecule has 0 aromatic heterocycles. The zero-order valence-electron chi connectivity index (χ0n) is 12.9. The van der Waals surface area contributed by atoms with Gasteiger partial charge in [-0.1, -0.05) is 41.9 Å². The molecule has 0 atom stereocenters. The summed E-state index contributed by atoms with van der Waals surface area (Å²) in [4.78, 5) is 12.3. The minimum absolute atomic E-state index is 0.142. The van der Waals surface area contributed by atoms with E-state index < -0.39 is 0 Å². The van der Waals surface area contributed by atoms with Crippen molar-refractivity contribution in [2.45, 2.75) is 19.4 Å².